The molecule has 0 aliphatic carbocycles. The number of nitro benzene ring substituents is 1. The highest BCUT2D eigenvalue weighted by Crippen LogP contribution is 2.35. The number of nitrogens with one attached hydrogen (secondary N) is 2. The summed E-state index contributed by atoms with van der Waals surface area (Å²) in [6, 6.07) is 9.55. The fraction of sp³-hybridized carbons (Fsp3) is 0.190. The van der Waals surface area contributed by atoms with Crippen LogP contribution in [0.15, 0.2) is 42.5 Å². The molecule has 0 saturated heterocycles. The van der Waals surface area contributed by atoms with Crippen molar-refractivity contribution in [2.24, 2.45) is 0 Å². The third-order valence-corrected chi connectivity index (χ3v) is 6.24. The van der Waals surface area contributed by atoms with E-state index in [-0.39, 0.29) is 41.1 Å². The van der Waals surface area contributed by atoms with Crippen LogP contribution in [0, 0.1) is 15.9 Å². The summed E-state index contributed by atoms with van der Waals surface area (Å²) in [4.78, 5) is 35.8. The molecule has 2 aromatic carbocycles. The molecule has 0 bridgehead atoms. The lowest BCUT2D eigenvalue weighted by Gasteiger charge is -2.12. The molecule has 3 aromatic rings. The molecule has 2 heterocycles. The Morgan fingerprint density at radius 1 is 1.21 bits per heavy atom. The minimum absolute atomic E-state index is 0.0546. The predicted octanol–water partition coefficient (Wildman–Crippen LogP) is 3.90. The van der Waals surface area contributed by atoms with Gasteiger partial charge in [0.05, 0.1) is 10.6 Å². The first-order chi connectivity index (χ1) is 15.8. The Morgan fingerprint density at radius 3 is 2.70 bits per heavy atom. The SMILES string of the molecule is O=C(Cn1nc2c(c1NC(=O)c1ccc(Cl)c([N+](=O)[O-])c1)CSC2)NCc1ccc(F)cc1. The second-order valence-electron chi connectivity index (χ2n) is 7.20. The van der Waals surface area contributed by atoms with Crippen molar-refractivity contribution < 1.29 is 18.9 Å². The standard InChI is InChI=1S/C21H17ClFN5O4S/c22-16-6-3-13(7-18(16)28(31)32)21(30)25-20-15-10-33-11-17(15)26-27(20)9-19(29)24-8-12-1-4-14(23)5-2-12/h1-7H,8-11H2,(H,24,29)(H,25,30). The van der Waals surface area contributed by atoms with Gasteiger partial charge in [0, 0.05) is 35.2 Å². The molecule has 0 fully saturated rings. The fourth-order valence-corrected chi connectivity index (χ4v) is 4.51. The summed E-state index contributed by atoms with van der Waals surface area (Å²) < 4.78 is 14.4. The number of aromatic nitrogens is 2. The minimum Gasteiger partial charge on any atom is -0.350 e. The van der Waals surface area contributed by atoms with Gasteiger partial charge in [-0.05, 0) is 29.8 Å². The molecule has 33 heavy (non-hydrogen) atoms. The van der Waals surface area contributed by atoms with Gasteiger partial charge >= 0.3 is 0 Å². The number of nitro groups is 1. The second kappa shape index (κ2) is 9.59. The van der Waals surface area contributed by atoms with Gasteiger partial charge in [-0.15, -0.1) is 0 Å². The Bertz CT molecular complexity index is 1250. The van der Waals surface area contributed by atoms with E-state index in [1.54, 1.807) is 23.9 Å². The van der Waals surface area contributed by atoms with Crippen LogP contribution in [0.1, 0.15) is 27.2 Å². The summed E-state index contributed by atoms with van der Waals surface area (Å²) in [5, 5.41) is 21.0. The van der Waals surface area contributed by atoms with Crippen LogP contribution in [-0.2, 0) is 29.4 Å². The molecule has 1 aliphatic heterocycles. The molecule has 9 nitrogen and oxygen atoms in total. The van der Waals surface area contributed by atoms with Gasteiger partial charge < -0.3 is 10.6 Å². The Morgan fingerprint density at radius 2 is 1.97 bits per heavy atom. The molecule has 1 aromatic heterocycles. The summed E-state index contributed by atoms with van der Waals surface area (Å²) >= 11 is 7.45. The first-order valence-electron chi connectivity index (χ1n) is 9.74. The van der Waals surface area contributed by atoms with Gasteiger partial charge in [0.15, 0.2) is 0 Å². The number of amides is 2. The van der Waals surface area contributed by atoms with Crippen LogP contribution in [0.25, 0.3) is 0 Å². The van der Waals surface area contributed by atoms with Gasteiger partial charge in [-0.2, -0.15) is 16.9 Å². The Kier molecular flexibility index (Phi) is 6.61. The molecular formula is C21H17ClFN5O4S. The highest BCUT2D eigenvalue weighted by Gasteiger charge is 2.26. The maximum atomic E-state index is 13.0. The molecule has 0 radical (unpaired) electrons. The molecule has 12 heteroatoms. The number of hydrogen-bond donors (Lipinski definition) is 2. The van der Waals surface area contributed by atoms with E-state index in [0.29, 0.717) is 17.3 Å². The summed E-state index contributed by atoms with van der Waals surface area (Å²) in [7, 11) is 0. The molecule has 0 spiro atoms. The quantitative estimate of drug-likeness (QED) is 0.384. The number of halogens is 2. The van der Waals surface area contributed by atoms with Crippen molar-refractivity contribution in [2.45, 2.75) is 24.6 Å². The van der Waals surface area contributed by atoms with Gasteiger partial charge in [0.25, 0.3) is 11.6 Å². The van der Waals surface area contributed by atoms with Crippen molar-refractivity contribution in [3.63, 3.8) is 0 Å². The summed E-state index contributed by atoms with van der Waals surface area (Å²) in [5.41, 5.74) is 1.99. The number of anilines is 1. The molecule has 2 N–H and O–H groups in total. The molecule has 0 unspecified atom stereocenters. The first kappa shape index (κ1) is 22.7. The Hall–Kier alpha value is -3.44. The normalized spacial score (nSPS) is 12.3. The Labute approximate surface area is 196 Å². The number of benzene rings is 2. The van der Waals surface area contributed by atoms with Gasteiger partial charge in [-0.3, -0.25) is 19.7 Å². The zero-order chi connectivity index (χ0) is 23.5. The summed E-state index contributed by atoms with van der Waals surface area (Å²) in [6.07, 6.45) is 0. The molecular weight excluding hydrogens is 473 g/mol. The average Bonchev–Trinajstić information content (AvgIpc) is 3.36. The van der Waals surface area contributed by atoms with Crippen LogP contribution in [0.5, 0.6) is 0 Å². The van der Waals surface area contributed by atoms with Crippen LogP contribution < -0.4 is 10.6 Å². The zero-order valence-corrected chi connectivity index (χ0v) is 18.6. The number of carbonyl (C=O) groups is 2. The Balaban J connectivity index is 1.50. The van der Waals surface area contributed by atoms with E-state index in [1.165, 1.54) is 28.9 Å². The van der Waals surface area contributed by atoms with E-state index >= 15 is 0 Å². The van der Waals surface area contributed by atoms with E-state index in [2.05, 4.69) is 15.7 Å². The van der Waals surface area contributed by atoms with Crippen molar-refractivity contribution in [1.82, 2.24) is 15.1 Å². The maximum absolute atomic E-state index is 13.0. The molecule has 0 atom stereocenters. The molecule has 0 saturated carbocycles. The van der Waals surface area contributed by atoms with E-state index < -0.39 is 10.8 Å². The van der Waals surface area contributed by atoms with Crippen LogP contribution in [0.2, 0.25) is 5.02 Å². The summed E-state index contributed by atoms with van der Waals surface area (Å²) in [6.45, 7) is 0.0708. The predicted molar refractivity (Wildman–Crippen MR) is 122 cm³/mol. The van der Waals surface area contributed by atoms with Crippen LogP contribution in [0.4, 0.5) is 15.9 Å². The second-order valence-corrected chi connectivity index (χ2v) is 8.60. The number of fused-ring (bicyclic) bond motifs is 1. The summed E-state index contributed by atoms with van der Waals surface area (Å²) in [5.74, 6) is 0.348. The number of hydrogen-bond acceptors (Lipinski definition) is 6. The lowest BCUT2D eigenvalue weighted by Crippen LogP contribution is -2.28. The number of nitrogens with zero attached hydrogens (tertiary/aromatic N) is 3. The van der Waals surface area contributed by atoms with E-state index in [1.807, 2.05) is 0 Å². The van der Waals surface area contributed by atoms with Crippen LogP contribution in [0.3, 0.4) is 0 Å². The van der Waals surface area contributed by atoms with E-state index in [4.69, 9.17) is 11.6 Å². The van der Waals surface area contributed by atoms with Crippen LogP contribution in [-0.4, -0.2) is 26.5 Å². The highest BCUT2D eigenvalue weighted by molar-refractivity contribution is 7.98. The van der Waals surface area contributed by atoms with Crippen molar-refractivity contribution in [3.8, 4) is 0 Å². The minimum atomic E-state index is -0.664. The molecule has 1 aliphatic rings. The number of rotatable bonds is 7. The monoisotopic (exact) mass is 489 g/mol. The topological polar surface area (TPSA) is 119 Å². The van der Waals surface area contributed by atoms with E-state index in [9.17, 15) is 24.1 Å². The number of thioether (sulfide) groups is 1. The third kappa shape index (κ3) is 5.15. The maximum Gasteiger partial charge on any atom is 0.288 e. The largest absolute Gasteiger partial charge is 0.350 e. The average molecular weight is 490 g/mol. The molecule has 4 rings (SSSR count). The van der Waals surface area contributed by atoms with Crippen molar-refractivity contribution >= 4 is 46.7 Å². The van der Waals surface area contributed by atoms with Crippen molar-refractivity contribution in [3.05, 3.63) is 85.8 Å². The van der Waals surface area contributed by atoms with Crippen molar-refractivity contribution in [2.75, 3.05) is 5.32 Å². The van der Waals surface area contributed by atoms with Gasteiger partial charge in [0.2, 0.25) is 5.91 Å². The molecule has 170 valence electrons. The smallest absolute Gasteiger partial charge is 0.288 e. The highest BCUT2D eigenvalue weighted by atomic mass is 35.5. The van der Waals surface area contributed by atoms with Crippen molar-refractivity contribution in [1.29, 1.82) is 0 Å². The zero-order valence-electron chi connectivity index (χ0n) is 17.0. The molecule has 2 amide bonds. The van der Waals surface area contributed by atoms with E-state index in [0.717, 1.165) is 22.9 Å². The lowest BCUT2D eigenvalue weighted by molar-refractivity contribution is -0.384. The third-order valence-electron chi connectivity index (χ3n) is 4.95. The van der Waals surface area contributed by atoms with Gasteiger partial charge in [0.1, 0.15) is 23.2 Å². The van der Waals surface area contributed by atoms with Gasteiger partial charge in [-0.25, -0.2) is 9.07 Å². The van der Waals surface area contributed by atoms with Crippen LogP contribution >= 0.6 is 23.4 Å². The van der Waals surface area contributed by atoms with Gasteiger partial charge in [-0.1, -0.05) is 23.7 Å². The first-order valence-corrected chi connectivity index (χ1v) is 11.3. The fourth-order valence-electron chi connectivity index (χ4n) is 3.29. The number of carbonyl (C=O) groups excluding carboxylic acids is 2. The lowest BCUT2D eigenvalue weighted by atomic mass is 10.2.